The van der Waals surface area contributed by atoms with Gasteiger partial charge < -0.3 is 10.1 Å². The fourth-order valence-corrected chi connectivity index (χ4v) is 2.84. The summed E-state index contributed by atoms with van der Waals surface area (Å²) in [6.45, 7) is 1.33. The van der Waals surface area contributed by atoms with Crippen molar-refractivity contribution >= 4 is 23.2 Å². The van der Waals surface area contributed by atoms with Gasteiger partial charge in [0.1, 0.15) is 12.9 Å². The minimum absolute atomic E-state index is 0.128. The molecular formula is C13H12Cl2N2O. The Morgan fingerprint density at radius 3 is 3.11 bits per heavy atom. The number of aromatic nitrogens is 1. The van der Waals surface area contributed by atoms with Gasteiger partial charge in [0.05, 0.1) is 21.8 Å². The first-order valence-electron chi connectivity index (χ1n) is 5.78. The molecule has 3 heterocycles. The fourth-order valence-electron chi connectivity index (χ4n) is 2.33. The summed E-state index contributed by atoms with van der Waals surface area (Å²) in [7, 11) is 0. The first kappa shape index (κ1) is 12.0. The number of halogens is 2. The van der Waals surface area contributed by atoms with E-state index in [1.807, 2.05) is 12.1 Å². The molecule has 0 bridgehead atoms. The van der Waals surface area contributed by atoms with Gasteiger partial charge in [0, 0.05) is 12.7 Å². The van der Waals surface area contributed by atoms with Crippen LogP contribution in [0.1, 0.15) is 18.2 Å². The molecule has 0 saturated carbocycles. The van der Waals surface area contributed by atoms with Crippen LogP contribution in [0.2, 0.25) is 5.02 Å². The van der Waals surface area contributed by atoms with E-state index < -0.39 is 0 Å². The molecule has 0 fully saturated rings. The van der Waals surface area contributed by atoms with Gasteiger partial charge in [0.15, 0.2) is 0 Å². The summed E-state index contributed by atoms with van der Waals surface area (Å²) in [4.78, 5) is 4.35. The summed E-state index contributed by atoms with van der Waals surface area (Å²) in [6, 6.07) is 3.83. The van der Waals surface area contributed by atoms with Crippen molar-refractivity contribution in [2.45, 2.75) is 12.5 Å². The molecular weight excluding hydrogens is 271 g/mol. The first-order chi connectivity index (χ1) is 8.75. The predicted octanol–water partition coefficient (Wildman–Crippen LogP) is 3.18. The van der Waals surface area contributed by atoms with Gasteiger partial charge >= 0.3 is 0 Å². The normalized spacial score (nSPS) is 23.2. The van der Waals surface area contributed by atoms with Crippen LogP contribution in [0.15, 0.2) is 40.8 Å². The zero-order valence-corrected chi connectivity index (χ0v) is 11.1. The number of rotatable bonds is 1. The van der Waals surface area contributed by atoms with Crippen LogP contribution in [0.4, 0.5) is 0 Å². The third-order valence-corrected chi connectivity index (χ3v) is 3.89. The molecule has 1 aromatic rings. The van der Waals surface area contributed by atoms with Crippen LogP contribution in [-0.4, -0.2) is 18.1 Å². The number of ether oxygens (including phenoxy) is 1. The third-order valence-electron chi connectivity index (χ3n) is 3.25. The van der Waals surface area contributed by atoms with Crippen LogP contribution in [0.25, 0.3) is 0 Å². The lowest BCUT2D eigenvalue weighted by molar-refractivity contribution is 0.260. The van der Waals surface area contributed by atoms with Crippen LogP contribution in [0.5, 0.6) is 0 Å². The molecule has 0 spiro atoms. The van der Waals surface area contributed by atoms with Crippen molar-refractivity contribution in [3.63, 3.8) is 0 Å². The highest BCUT2D eigenvalue weighted by Crippen LogP contribution is 2.34. The van der Waals surface area contributed by atoms with E-state index in [1.54, 1.807) is 12.5 Å². The van der Waals surface area contributed by atoms with Crippen LogP contribution in [-0.2, 0) is 4.74 Å². The van der Waals surface area contributed by atoms with Gasteiger partial charge in [-0.2, -0.15) is 0 Å². The van der Waals surface area contributed by atoms with E-state index >= 15 is 0 Å². The molecule has 1 aromatic heterocycles. The van der Waals surface area contributed by atoms with E-state index in [0.29, 0.717) is 16.7 Å². The summed E-state index contributed by atoms with van der Waals surface area (Å²) in [5.41, 5.74) is 3.26. The zero-order valence-electron chi connectivity index (χ0n) is 9.62. The molecule has 94 valence electrons. The van der Waals surface area contributed by atoms with Crippen LogP contribution in [0, 0.1) is 0 Å². The number of nitrogens with zero attached hydrogens (tertiary/aromatic N) is 1. The van der Waals surface area contributed by atoms with Crippen molar-refractivity contribution in [3.8, 4) is 0 Å². The summed E-state index contributed by atoms with van der Waals surface area (Å²) in [5, 5.41) is 4.80. The van der Waals surface area contributed by atoms with Gasteiger partial charge in [-0.1, -0.05) is 23.2 Å². The molecule has 1 unspecified atom stereocenters. The highest BCUT2D eigenvalue weighted by atomic mass is 35.5. The Balaban J connectivity index is 1.88. The van der Waals surface area contributed by atoms with Crippen LogP contribution >= 0.6 is 23.2 Å². The average molecular weight is 283 g/mol. The van der Waals surface area contributed by atoms with E-state index in [2.05, 4.69) is 10.3 Å². The van der Waals surface area contributed by atoms with Crippen molar-refractivity contribution in [2.75, 3.05) is 13.2 Å². The molecule has 3 rings (SSSR count). The van der Waals surface area contributed by atoms with Gasteiger partial charge in [0.25, 0.3) is 0 Å². The van der Waals surface area contributed by atoms with Crippen molar-refractivity contribution in [3.05, 3.63) is 51.5 Å². The van der Waals surface area contributed by atoms with Crippen molar-refractivity contribution < 1.29 is 4.74 Å². The number of hydrogen-bond donors (Lipinski definition) is 1. The Bertz CT molecular complexity index is 540. The molecule has 1 N–H and O–H groups in total. The zero-order chi connectivity index (χ0) is 12.5. The lowest BCUT2D eigenvalue weighted by atomic mass is 9.93. The minimum atomic E-state index is 0.128. The molecule has 0 aliphatic carbocycles. The second kappa shape index (κ2) is 4.92. The summed E-state index contributed by atoms with van der Waals surface area (Å²) < 4.78 is 5.33. The van der Waals surface area contributed by atoms with Gasteiger partial charge in [0.2, 0.25) is 0 Å². The molecule has 3 nitrogen and oxygen atoms in total. The second-order valence-corrected chi connectivity index (χ2v) is 5.18. The van der Waals surface area contributed by atoms with Gasteiger partial charge in [-0.3, -0.25) is 4.98 Å². The van der Waals surface area contributed by atoms with Crippen molar-refractivity contribution in [1.82, 2.24) is 10.3 Å². The van der Waals surface area contributed by atoms with E-state index in [1.165, 1.54) is 5.57 Å². The van der Waals surface area contributed by atoms with Crippen LogP contribution < -0.4 is 5.32 Å². The molecule has 2 aliphatic rings. The maximum Gasteiger partial charge on any atom is 0.109 e. The Hall–Kier alpha value is -1.03. The van der Waals surface area contributed by atoms with E-state index in [9.17, 15) is 0 Å². The highest BCUT2D eigenvalue weighted by Gasteiger charge is 2.27. The Labute approximate surface area is 115 Å². The maximum absolute atomic E-state index is 6.17. The number of pyridine rings is 1. The summed E-state index contributed by atoms with van der Waals surface area (Å²) >= 11 is 12.3. The predicted molar refractivity (Wildman–Crippen MR) is 71.5 cm³/mol. The molecule has 0 saturated heterocycles. The highest BCUT2D eigenvalue weighted by molar-refractivity contribution is 6.32. The third kappa shape index (κ3) is 2.14. The second-order valence-electron chi connectivity index (χ2n) is 4.37. The minimum Gasteiger partial charge on any atom is -0.495 e. The van der Waals surface area contributed by atoms with Gasteiger partial charge in [-0.05, 0) is 29.7 Å². The number of hydrogen-bond acceptors (Lipinski definition) is 3. The Kier molecular flexibility index (Phi) is 3.29. The average Bonchev–Trinajstić information content (AvgIpc) is 2.39. The maximum atomic E-state index is 6.17. The van der Waals surface area contributed by atoms with E-state index in [-0.39, 0.29) is 6.04 Å². The molecule has 0 aromatic carbocycles. The molecule has 1 atom stereocenters. The molecule has 18 heavy (non-hydrogen) atoms. The summed E-state index contributed by atoms with van der Waals surface area (Å²) in [6.07, 6.45) is 4.20. The lowest BCUT2D eigenvalue weighted by Crippen LogP contribution is -2.32. The smallest absolute Gasteiger partial charge is 0.109 e. The number of nitrogens with one attached hydrogen (secondary N) is 1. The fraction of sp³-hybridized carbons (Fsp3) is 0.308. The molecule has 2 aliphatic heterocycles. The van der Waals surface area contributed by atoms with E-state index in [0.717, 1.165) is 24.2 Å². The van der Waals surface area contributed by atoms with Crippen LogP contribution in [0.3, 0.4) is 0 Å². The summed E-state index contributed by atoms with van der Waals surface area (Å²) in [5.74, 6) is 0. The largest absolute Gasteiger partial charge is 0.495 e. The molecule has 5 heteroatoms. The van der Waals surface area contributed by atoms with Gasteiger partial charge in [-0.15, -0.1) is 0 Å². The standard InChI is InChI=1S/C13H12Cl2N2O/c14-10-2-1-3-16-13(10)12-4-8-6-18-7-11(15)9(8)5-17-12/h1-3,7,12,17H,4-6H2. The Morgan fingerprint density at radius 1 is 1.39 bits per heavy atom. The quantitative estimate of drug-likeness (QED) is 0.859. The van der Waals surface area contributed by atoms with Crippen molar-refractivity contribution in [1.29, 1.82) is 0 Å². The van der Waals surface area contributed by atoms with Gasteiger partial charge in [-0.25, -0.2) is 0 Å². The first-order valence-corrected chi connectivity index (χ1v) is 6.53. The van der Waals surface area contributed by atoms with E-state index in [4.69, 9.17) is 27.9 Å². The molecule has 0 amide bonds. The Morgan fingerprint density at radius 2 is 2.28 bits per heavy atom. The monoisotopic (exact) mass is 282 g/mol. The van der Waals surface area contributed by atoms with Crippen molar-refractivity contribution in [2.24, 2.45) is 0 Å². The topological polar surface area (TPSA) is 34.1 Å². The SMILES string of the molecule is ClC1=COCC2=C1CNC(c1ncccc1Cl)C2. The molecule has 0 radical (unpaired) electrons. The lowest BCUT2D eigenvalue weighted by Gasteiger charge is -2.30.